The molecule has 1 atom stereocenters. The zero-order valence-corrected chi connectivity index (χ0v) is 17.2. The van der Waals surface area contributed by atoms with Crippen molar-refractivity contribution in [3.8, 4) is 0 Å². The van der Waals surface area contributed by atoms with Gasteiger partial charge < -0.3 is 21.1 Å². The molecule has 1 aromatic rings. The van der Waals surface area contributed by atoms with Crippen LogP contribution in [0.25, 0.3) is 0 Å². The van der Waals surface area contributed by atoms with Gasteiger partial charge in [-0.15, -0.1) is 24.8 Å². The molecule has 0 aliphatic carbocycles. The predicted octanol–water partition coefficient (Wildman–Crippen LogP) is 3.47. The summed E-state index contributed by atoms with van der Waals surface area (Å²) in [7, 11) is 0. The molecule has 1 saturated heterocycles. The summed E-state index contributed by atoms with van der Waals surface area (Å²) >= 11 is 4.97. The average Bonchev–Trinajstić information content (AvgIpc) is 2.53. The maximum Gasteiger partial charge on any atom is 0.404 e. The Bertz CT molecular complexity index is 450. The highest BCUT2D eigenvalue weighted by Gasteiger charge is 2.16. The third-order valence-corrected chi connectivity index (χ3v) is 3.45. The van der Waals surface area contributed by atoms with Crippen LogP contribution in [-0.2, 0) is 11.3 Å². The van der Waals surface area contributed by atoms with Gasteiger partial charge in [0.1, 0.15) is 6.61 Å². The molecule has 146 valence electrons. The van der Waals surface area contributed by atoms with Crippen LogP contribution < -0.4 is 16.4 Å². The van der Waals surface area contributed by atoms with Crippen molar-refractivity contribution in [1.29, 1.82) is 0 Å². The van der Waals surface area contributed by atoms with E-state index in [1.165, 1.54) is 19.4 Å². The van der Waals surface area contributed by atoms with Crippen LogP contribution in [0.1, 0.15) is 32.3 Å². The number of halogens is 3. The lowest BCUT2D eigenvalue weighted by Gasteiger charge is -2.28. The Kier molecular flexibility index (Phi) is 15.6. The minimum atomic E-state index is -0.770. The molecule has 4 N–H and O–H groups in total. The van der Waals surface area contributed by atoms with Gasteiger partial charge in [0.15, 0.2) is 0 Å². The molecule has 0 bridgehead atoms. The Hall–Kier alpha value is -0.560. The first-order valence-electron chi connectivity index (χ1n) is 7.96. The van der Waals surface area contributed by atoms with Gasteiger partial charge in [0.05, 0.1) is 0 Å². The molecule has 0 aromatic heterocycles. The molecule has 0 amide bonds. The number of hydrogen-bond donors (Lipinski definition) is 3. The minimum Gasteiger partial charge on any atom is -0.449 e. The fourth-order valence-electron chi connectivity index (χ4n) is 2.15. The summed E-state index contributed by atoms with van der Waals surface area (Å²) in [5.41, 5.74) is 5.95. The zero-order chi connectivity index (χ0) is 17.1. The summed E-state index contributed by atoms with van der Waals surface area (Å²) in [6.07, 6.45) is 2.56. The number of carbonyl (C=O) groups excluding carboxylic acids is 1. The fourth-order valence-corrected chi connectivity index (χ4v) is 2.20. The van der Waals surface area contributed by atoms with E-state index < -0.39 is 5.43 Å². The van der Waals surface area contributed by atoms with Crippen LogP contribution in [0.15, 0.2) is 30.3 Å². The van der Waals surface area contributed by atoms with Crippen LogP contribution in [0.5, 0.6) is 0 Å². The van der Waals surface area contributed by atoms with Gasteiger partial charge in [0.25, 0.3) is 0 Å². The van der Waals surface area contributed by atoms with Gasteiger partial charge in [-0.05, 0) is 38.8 Å². The molecular weight excluding hydrogens is 385 g/mol. The van der Waals surface area contributed by atoms with Crippen molar-refractivity contribution in [1.82, 2.24) is 10.6 Å². The van der Waals surface area contributed by atoms with Crippen LogP contribution in [0.2, 0.25) is 0 Å². The first-order valence-corrected chi connectivity index (χ1v) is 8.34. The van der Waals surface area contributed by atoms with Crippen molar-refractivity contribution in [3.63, 3.8) is 0 Å². The molecule has 25 heavy (non-hydrogen) atoms. The molecule has 0 spiro atoms. The lowest BCUT2D eigenvalue weighted by atomic mass is 10.0. The fraction of sp³-hybridized carbons (Fsp3) is 0.588. The summed E-state index contributed by atoms with van der Waals surface area (Å²) in [5, 5.41) is 6.84. The number of piperidine rings is 1. The average molecular weight is 415 g/mol. The monoisotopic (exact) mass is 413 g/mol. The molecular formula is C17H30Cl3N3O2. The highest BCUT2D eigenvalue weighted by Crippen LogP contribution is 2.03. The molecule has 1 aliphatic rings. The van der Waals surface area contributed by atoms with Gasteiger partial charge in [0.2, 0.25) is 0 Å². The number of ether oxygens (including phenoxy) is 1. The van der Waals surface area contributed by atoms with Crippen LogP contribution >= 0.6 is 36.4 Å². The molecule has 1 aliphatic heterocycles. The summed E-state index contributed by atoms with van der Waals surface area (Å²) in [6, 6.07) is 9.99. The maximum atomic E-state index is 10.2. The Balaban J connectivity index is 0. The highest BCUT2D eigenvalue weighted by atomic mass is 35.5. The van der Waals surface area contributed by atoms with Crippen molar-refractivity contribution in [2.75, 3.05) is 19.6 Å². The Morgan fingerprint density at radius 2 is 2.00 bits per heavy atom. The molecule has 2 rings (SSSR count). The molecule has 1 heterocycles. The van der Waals surface area contributed by atoms with Crippen molar-refractivity contribution in [3.05, 3.63) is 35.9 Å². The maximum absolute atomic E-state index is 10.2. The second-order valence-corrected chi connectivity index (χ2v) is 6.73. The van der Waals surface area contributed by atoms with Crippen LogP contribution in [0.4, 0.5) is 4.79 Å². The van der Waals surface area contributed by atoms with Gasteiger partial charge in [-0.3, -0.25) is 0 Å². The lowest BCUT2D eigenvalue weighted by molar-refractivity contribution is 0.167. The SMILES string of the molecule is CC(C)(N)CN[C@H]1CCCNC1.Cl.Cl.O=C(Cl)OCc1ccccc1. The summed E-state index contributed by atoms with van der Waals surface area (Å²) in [6.45, 7) is 7.51. The Morgan fingerprint density at radius 1 is 1.36 bits per heavy atom. The number of rotatable bonds is 5. The second kappa shape index (κ2) is 14.6. The first-order chi connectivity index (χ1) is 10.9. The molecule has 5 nitrogen and oxygen atoms in total. The van der Waals surface area contributed by atoms with E-state index in [0.29, 0.717) is 6.04 Å². The van der Waals surface area contributed by atoms with E-state index in [0.717, 1.165) is 18.7 Å². The molecule has 1 aromatic carbocycles. The van der Waals surface area contributed by atoms with E-state index in [1.54, 1.807) is 0 Å². The van der Waals surface area contributed by atoms with Crippen molar-refractivity contribution in [2.45, 2.75) is 44.9 Å². The van der Waals surface area contributed by atoms with E-state index in [2.05, 4.69) is 29.2 Å². The largest absolute Gasteiger partial charge is 0.449 e. The van der Waals surface area contributed by atoms with Gasteiger partial charge in [-0.1, -0.05) is 30.3 Å². The van der Waals surface area contributed by atoms with Gasteiger partial charge >= 0.3 is 5.43 Å². The van der Waals surface area contributed by atoms with Crippen molar-refractivity contribution >= 4 is 41.8 Å². The molecule has 0 saturated carbocycles. The van der Waals surface area contributed by atoms with Gasteiger partial charge in [-0.25, -0.2) is 4.79 Å². The Labute approximate surface area is 168 Å². The highest BCUT2D eigenvalue weighted by molar-refractivity contribution is 6.61. The predicted molar refractivity (Wildman–Crippen MR) is 109 cm³/mol. The number of benzene rings is 1. The van der Waals surface area contributed by atoms with Crippen molar-refractivity contribution in [2.24, 2.45) is 5.73 Å². The van der Waals surface area contributed by atoms with Crippen molar-refractivity contribution < 1.29 is 9.53 Å². The second-order valence-electron chi connectivity index (χ2n) is 6.42. The number of nitrogens with two attached hydrogens (primary N) is 1. The first kappa shape index (κ1) is 26.7. The minimum absolute atomic E-state index is 0. The zero-order valence-electron chi connectivity index (χ0n) is 14.8. The van der Waals surface area contributed by atoms with E-state index >= 15 is 0 Å². The smallest absolute Gasteiger partial charge is 0.404 e. The molecule has 8 heteroatoms. The third-order valence-electron chi connectivity index (χ3n) is 3.34. The van der Waals surface area contributed by atoms with Crippen LogP contribution in [-0.4, -0.2) is 36.6 Å². The Morgan fingerprint density at radius 3 is 2.48 bits per heavy atom. The van der Waals surface area contributed by atoms with Crippen LogP contribution in [0, 0.1) is 0 Å². The number of carbonyl (C=O) groups is 1. The van der Waals surface area contributed by atoms with E-state index in [9.17, 15) is 4.79 Å². The summed E-state index contributed by atoms with van der Waals surface area (Å²) in [4.78, 5) is 10.2. The van der Waals surface area contributed by atoms with E-state index in [4.69, 9.17) is 17.3 Å². The molecule has 0 unspecified atom stereocenters. The number of hydrogen-bond acceptors (Lipinski definition) is 5. The lowest BCUT2D eigenvalue weighted by Crippen LogP contribution is -2.50. The summed E-state index contributed by atoms with van der Waals surface area (Å²) in [5.74, 6) is 0. The topological polar surface area (TPSA) is 76.4 Å². The number of nitrogens with one attached hydrogen (secondary N) is 2. The summed E-state index contributed by atoms with van der Waals surface area (Å²) < 4.78 is 4.55. The van der Waals surface area contributed by atoms with Gasteiger partial charge in [-0.2, -0.15) is 0 Å². The van der Waals surface area contributed by atoms with Crippen LogP contribution in [0.3, 0.4) is 0 Å². The van der Waals surface area contributed by atoms with Gasteiger partial charge in [0, 0.05) is 36.3 Å². The normalized spacial score (nSPS) is 16.4. The third kappa shape index (κ3) is 15.4. The molecule has 1 fully saturated rings. The quantitative estimate of drug-likeness (QED) is 0.643. The van der Waals surface area contributed by atoms with E-state index in [1.807, 2.05) is 30.3 Å². The standard InChI is InChI=1S/C9H21N3.C8H7ClO2.2ClH/c1-9(2,10)7-12-8-4-3-5-11-6-8;9-8(10)11-6-7-4-2-1-3-5-7;;/h8,11-12H,3-7,10H2,1-2H3;1-5H,6H2;2*1H/t8-;;;/m0.../s1. The van der Waals surface area contributed by atoms with E-state index in [-0.39, 0.29) is 37.0 Å². The molecule has 0 radical (unpaired) electrons.